The van der Waals surface area contributed by atoms with Crippen molar-refractivity contribution in [3.05, 3.63) is 30.1 Å². The number of nitrogens with zero attached hydrogens (tertiary/aromatic N) is 1. The van der Waals surface area contributed by atoms with E-state index in [4.69, 9.17) is 4.74 Å². The molecule has 17 heavy (non-hydrogen) atoms. The molecule has 0 unspecified atom stereocenters. The molecule has 1 aromatic heterocycles. The van der Waals surface area contributed by atoms with Crippen molar-refractivity contribution in [1.82, 2.24) is 9.97 Å². The molecule has 5 heteroatoms. The summed E-state index contributed by atoms with van der Waals surface area (Å²) < 4.78 is 5.04. The predicted octanol–water partition coefficient (Wildman–Crippen LogP) is 1.21. The fourth-order valence-electron chi connectivity index (χ4n) is 2.13. The molecule has 0 bridgehead atoms. The minimum absolute atomic E-state index is 0.295. The number of hydrogen-bond donors (Lipinski definition) is 2. The molecule has 1 aromatic carbocycles. The Kier molecular flexibility index (Phi) is 2.16. The molecule has 1 aliphatic heterocycles. The highest BCUT2D eigenvalue weighted by atomic mass is 16.5. The molecule has 0 radical (unpaired) electrons. The van der Waals surface area contributed by atoms with Gasteiger partial charge in [-0.15, -0.1) is 0 Å². The van der Waals surface area contributed by atoms with Gasteiger partial charge in [-0.3, -0.25) is 4.79 Å². The molecule has 1 saturated heterocycles. The van der Waals surface area contributed by atoms with Gasteiger partial charge < -0.3 is 14.8 Å². The zero-order valence-corrected chi connectivity index (χ0v) is 9.14. The van der Waals surface area contributed by atoms with E-state index < -0.39 is 11.4 Å². The Hall–Kier alpha value is -1.88. The van der Waals surface area contributed by atoms with Gasteiger partial charge in [0.2, 0.25) is 0 Å². The van der Waals surface area contributed by atoms with Crippen molar-refractivity contribution in [2.45, 2.75) is 6.42 Å². The number of H-pyrrole nitrogens is 1. The highest BCUT2D eigenvalue weighted by Gasteiger charge is 2.46. The number of aliphatic carboxylic acids is 1. The maximum absolute atomic E-state index is 11.2. The lowest BCUT2D eigenvalue weighted by atomic mass is 9.80. The summed E-state index contributed by atoms with van der Waals surface area (Å²) in [5, 5.41) is 9.22. The molecular formula is C12H12N2O3. The van der Waals surface area contributed by atoms with Crippen LogP contribution in [0.15, 0.2) is 24.5 Å². The molecule has 3 rings (SSSR count). The van der Waals surface area contributed by atoms with Crippen molar-refractivity contribution in [2.75, 3.05) is 13.2 Å². The van der Waals surface area contributed by atoms with Crippen LogP contribution in [0.25, 0.3) is 11.0 Å². The van der Waals surface area contributed by atoms with E-state index in [0.717, 1.165) is 16.6 Å². The van der Waals surface area contributed by atoms with Gasteiger partial charge in [-0.05, 0) is 24.1 Å². The third-order valence-electron chi connectivity index (χ3n) is 3.24. The van der Waals surface area contributed by atoms with Crippen LogP contribution < -0.4 is 0 Å². The SMILES string of the molecule is O=C(O)C1(Cc2ccc3nc[nH]c3c2)COC1. The minimum atomic E-state index is -0.784. The first kappa shape index (κ1) is 10.3. The Labute approximate surface area is 97.4 Å². The van der Waals surface area contributed by atoms with E-state index in [2.05, 4.69) is 9.97 Å². The first-order valence-electron chi connectivity index (χ1n) is 5.43. The zero-order valence-electron chi connectivity index (χ0n) is 9.14. The van der Waals surface area contributed by atoms with Crippen LogP contribution in [-0.4, -0.2) is 34.3 Å². The zero-order chi connectivity index (χ0) is 11.9. The summed E-state index contributed by atoms with van der Waals surface area (Å²) in [7, 11) is 0. The second-order valence-electron chi connectivity index (χ2n) is 4.51. The Morgan fingerprint density at radius 2 is 2.35 bits per heavy atom. The molecule has 1 fully saturated rings. The number of rotatable bonds is 3. The van der Waals surface area contributed by atoms with Gasteiger partial charge in [-0.25, -0.2) is 4.98 Å². The van der Waals surface area contributed by atoms with Crippen molar-refractivity contribution >= 4 is 17.0 Å². The summed E-state index contributed by atoms with van der Waals surface area (Å²) in [5.74, 6) is -0.784. The van der Waals surface area contributed by atoms with E-state index >= 15 is 0 Å². The number of aromatic nitrogens is 2. The molecule has 2 heterocycles. The van der Waals surface area contributed by atoms with Crippen molar-refractivity contribution in [2.24, 2.45) is 5.41 Å². The van der Waals surface area contributed by atoms with Crippen LogP contribution >= 0.6 is 0 Å². The van der Waals surface area contributed by atoms with Crippen LogP contribution in [0, 0.1) is 5.41 Å². The van der Waals surface area contributed by atoms with Crippen molar-refractivity contribution < 1.29 is 14.6 Å². The van der Waals surface area contributed by atoms with E-state index in [1.54, 1.807) is 6.33 Å². The molecule has 2 N–H and O–H groups in total. The molecule has 0 atom stereocenters. The quantitative estimate of drug-likeness (QED) is 0.834. The van der Waals surface area contributed by atoms with Gasteiger partial charge in [0.1, 0.15) is 5.41 Å². The summed E-state index contributed by atoms with van der Waals surface area (Å²) in [6.07, 6.45) is 2.13. The fourth-order valence-corrected chi connectivity index (χ4v) is 2.13. The highest BCUT2D eigenvalue weighted by Crippen LogP contribution is 2.32. The number of fused-ring (bicyclic) bond motifs is 1. The number of carboxylic acids is 1. The van der Waals surface area contributed by atoms with Gasteiger partial charge in [0.05, 0.1) is 30.6 Å². The molecule has 88 valence electrons. The summed E-state index contributed by atoms with van der Waals surface area (Å²) >= 11 is 0. The predicted molar refractivity (Wildman–Crippen MR) is 60.7 cm³/mol. The van der Waals surface area contributed by atoms with Gasteiger partial charge in [0.15, 0.2) is 0 Å². The molecule has 2 aromatic rings. The first-order valence-corrected chi connectivity index (χ1v) is 5.43. The lowest BCUT2D eigenvalue weighted by Gasteiger charge is -2.37. The molecule has 1 aliphatic rings. The van der Waals surface area contributed by atoms with Crippen LogP contribution in [0.3, 0.4) is 0 Å². The molecule has 5 nitrogen and oxygen atoms in total. The van der Waals surface area contributed by atoms with E-state index in [0.29, 0.717) is 19.6 Å². The van der Waals surface area contributed by atoms with E-state index in [1.165, 1.54) is 0 Å². The third-order valence-corrected chi connectivity index (χ3v) is 3.24. The van der Waals surface area contributed by atoms with Crippen molar-refractivity contribution in [3.8, 4) is 0 Å². The van der Waals surface area contributed by atoms with Gasteiger partial charge in [0, 0.05) is 0 Å². The Balaban J connectivity index is 1.91. The second kappa shape index (κ2) is 3.56. The van der Waals surface area contributed by atoms with Crippen LogP contribution in [0.4, 0.5) is 0 Å². The number of aromatic amines is 1. The van der Waals surface area contributed by atoms with Crippen LogP contribution in [0.1, 0.15) is 5.56 Å². The molecule has 0 amide bonds. The van der Waals surface area contributed by atoms with Gasteiger partial charge in [-0.2, -0.15) is 0 Å². The van der Waals surface area contributed by atoms with Gasteiger partial charge >= 0.3 is 5.97 Å². The van der Waals surface area contributed by atoms with Crippen molar-refractivity contribution in [1.29, 1.82) is 0 Å². The van der Waals surface area contributed by atoms with Gasteiger partial charge in [-0.1, -0.05) is 6.07 Å². The summed E-state index contributed by atoms with van der Waals surface area (Å²) in [5.41, 5.74) is 2.08. The number of benzene rings is 1. The minimum Gasteiger partial charge on any atom is -0.481 e. The fraction of sp³-hybridized carbons (Fsp3) is 0.333. The number of carbonyl (C=O) groups is 1. The molecule has 0 aliphatic carbocycles. The lowest BCUT2D eigenvalue weighted by molar-refractivity contribution is -0.179. The summed E-state index contributed by atoms with van der Waals surface area (Å²) in [4.78, 5) is 18.4. The molecular weight excluding hydrogens is 220 g/mol. The maximum Gasteiger partial charge on any atom is 0.314 e. The summed E-state index contributed by atoms with van der Waals surface area (Å²) in [6.45, 7) is 0.590. The monoisotopic (exact) mass is 232 g/mol. The Bertz CT molecular complexity index is 572. The van der Waals surface area contributed by atoms with Crippen LogP contribution in [0.5, 0.6) is 0 Å². The smallest absolute Gasteiger partial charge is 0.314 e. The number of imidazole rings is 1. The second-order valence-corrected chi connectivity index (χ2v) is 4.51. The van der Waals surface area contributed by atoms with E-state index in [1.807, 2.05) is 18.2 Å². The van der Waals surface area contributed by atoms with Crippen LogP contribution in [-0.2, 0) is 16.0 Å². The number of carboxylic acid groups (broad SMARTS) is 1. The third kappa shape index (κ3) is 1.59. The molecule has 0 saturated carbocycles. The molecule has 0 spiro atoms. The average molecular weight is 232 g/mol. The van der Waals surface area contributed by atoms with Crippen LogP contribution in [0.2, 0.25) is 0 Å². The number of hydrogen-bond acceptors (Lipinski definition) is 3. The standard InChI is InChI=1S/C12H12N2O3/c15-11(16)12(5-17-6-12)4-8-1-2-9-10(3-8)14-7-13-9/h1-3,7H,4-6H2,(H,13,14)(H,15,16). The average Bonchev–Trinajstić information content (AvgIpc) is 2.69. The van der Waals surface area contributed by atoms with Gasteiger partial charge in [0.25, 0.3) is 0 Å². The largest absolute Gasteiger partial charge is 0.481 e. The number of ether oxygens (including phenoxy) is 1. The highest BCUT2D eigenvalue weighted by molar-refractivity contribution is 5.78. The van der Waals surface area contributed by atoms with Crippen molar-refractivity contribution in [3.63, 3.8) is 0 Å². The number of nitrogens with one attached hydrogen (secondary N) is 1. The van der Waals surface area contributed by atoms with E-state index in [9.17, 15) is 9.90 Å². The maximum atomic E-state index is 11.2. The van der Waals surface area contributed by atoms with E-state index in [-0.39, 0.29) is 0 Å². The topological polar surface area (TPSA) is 75.2 Å². The summed E-state index contributed by atoms with van der Waals surface area (Å²) in [6, 6.07) is 5.77. The first-order chi connectivity index (χ1) is 8.20. The Morgan fingerprint density at radius 1 is 1.53 bits per heavy atom. The Morgan fingerprint density at radius 3 is 3.00 bits per heavy atom. The normalized spacial score (nSPS) is 17.9. The lowest BCUT2D eigenvalue weighted by Crippen LogP contribution is -2.50.